The number of thiophene rings is 1. The minimum absolute atomic E-state index is 0.0280. The average molecular weight is 319 g/mol. The van der Waals surface area contributed by atoms with Gasteiger partial charge in [0.2, 0.25) is 0 Å². The quantitative estimate of drug-likeness (QED) is 0.784. The van der Waals surface area contributed by atoms with Gasteiger partial charge in [-0.3, -0.25) is 4.79 Å². The van der Waals surface area contributed by atoms with Gasteiger partial charge < -0.3 is 10.2 Å². The average Bonchev–Trinajstić information content (AvgIpc) is 2.76. The molecule has 1 aromatic heterocycles. The Kier molecular flexibility index (Phi) is 6.77. The second kappa shape index (κ2) is 7.84. The van der Waals surface area contributed by atoms with Crippen LogP contribution < -0.4 is 5.32 Å². The molecule has 0 unspecified atom stereocenters. The Morgan fingerprint density at radius 1 is 1.41 bits per heavy atom. The van der Waals surface area contributed by atoms with E-state index in [-0.39, 0.29) is 5.91 Å². The Balaban J connectivity index is 2.21. The summed E-state index contributed by atoms with van der Waals surface area (Å²) in [6.45, 7) is 8.24. The van der Waals surface area contributed by atoms with Crippen LogP contribution in [0.15, 0.2) is 15.9 Å². The Morgan fingerprint density at radius 3 is 2.65 bits per heavy atom. The van der Waals surface area contributed by atoms with Crippen LogP contribution in [0.4, 0.5) is 0 Å². The zero-order chi connectivity index (χ0) is 12.7. The topological polar surface area (TPSA) is 32.3 Å². The number of carbonyl (C=O) groups excluding carboxylic acids is 1. The zero-order valence-corrected chi connectivity index (χ0v) is 12.7. The van der Waals surface area contributed by atoms with Gasteiger partial charge in [-0.25, -0.2) is 0 Å². The lowest BCUT2D eigenvalue weighted by molar-refractivity contribution is 0.0956. The lowest BCUT2D eigenvalue weighted by Gasteiger charge is -2.17. The molecular weight excluding hydrogens is 300 g/mol. The first-order chi connectivity index (χ1) is 8.17. The fraction of sp³-hybridized carbons (Fsp3) is 0.583. The van der Waals surface area contributed by atoms with E-state index in [2.05, 4.69) is 40.0 Å². The minimum atomic E-state index is 0.0280. The molecule has 1 amide bonds. The fourth-order valence-electron chi connectivity index (χ4n) is 1.57. The first-order valence-electron chi connectivity index (χ1n) is 5.93. The molecule has 0 bridgehead atoms. The molecule has 1 aromatic rings. The van der Waals surface area contributed by atoms with Crippen molar-refractivity contribution in [3.05, 3.63) is 20.8 Å². The van der Waals surface area contributed by atoms with Crippen LogP contribution in [0, 0.1) is 0 Å². The van der Waals surface area contributed by atoms with Gasteiger partial charge in [0.15, 0.2) is 0 Å². The van der Waals surface area contributed by atoms with Gasteiger partial charge in [0.1, 0.15) is 0 Å². The van der Waals surface area contributed by atoms with Crippen molar-refractivity contribution in [2.45, 2.75) is 20.3 Å². The van der Waals surface area contributed by atoms with Crippen molar-refractivity contribution < 1.29 is 4.79 Å². The van der Waals surface area contributed by atoms with Gasteiger partial charge in [0.25, 0.3) is 5.91 Å². The van der Waals surface area contributed by atoms with Gasteiger partial charge in [0.05, 0.1) is 8.66 Å². The first-order valence-corrected chi connectivity index (χ1v) is 7.54. The summed E-state index contributed by atoms with van der Waals surface area (Å²) in [7, 11) is 0. The molecule has 0 atom stereocenters. The molecule has 0 aliphatic carbocycles. The highest BCUT2D eigenvalue weighted by Crippen LogP contribution is 2.21. The highest BCUT2D eigenvalue weighted by atomic mass is 79.9. The largest absolute Gasteiger partial charge is 0.351 e. The van der Waals surface area contributed by atoms with Crippen LogP contribution in [0.1, 0.15) is 29.9 Å². The van der Waals surface area contributed by atoms with E-state index in [1.165, 1.54) is 11.3 Å². The second-order valence-corrected chi connectivity index (χ2v) is 6.20. The van der Waals surface area contributed by atoms with Gasteiger partial charge in [-0.2, -0.15) is 0 Å². The van der Waals surface area contributed by atoms with Gasteiger partial charge in [-0.15, -0.1) is 11.3 Å². The Bertz CT molecular complexity index is 350. The van der Waals surface area contributed by atoms with Crippen molar-refractivity contribution >= 4 is 33.2 Å². The molecule has 5 heteroatoms. The highest BCUT2D eigenvalue weighted by molar-refractivity contribution is 9.11. The van der Waals surface area contributed by atoms with Crippen LogP contribution >= 0.6 is 27.3 Å². The number of hydrogen-bond acceptors (Lipinski definition) is 3. The van der Waals surface area contributed by atoms with Crippen molar-refractivity contribution in [2.24, 2.45) is 0 Å². The molecule has 0 fully saturated rings. The molecule has 1 N–H and O–H groups in total. The molecule has 0 spiro atoms. The van der Waals surface area contributed by atoms with Gasteiger partial charge in [-0.05, 0) is 54.1 Å². The summed E-state index contributed by atoms with van der Waals surface area (Å²) >= 11 is 4.82. The predicted molar refractivity (Wildman–Crippen MR) is 76.8 cm³/mol. The van der Waals surface area contributed by atoms with Crippen molar-refractivity contribution in [3.63, 3.8) is 0 Å². The van der Waals surface area contributed by atoms with Crippen LogP contribution in [-0.4, -0.2) is 37.0 Å². The summed E-state index contributed by atoms with van der Waals surface area (Å²) in [5, 5.41) is 2.94. The van der Waals surface area contributed by atoms with Crippen LogP contribution in [0.5, 0.6) is 0 Å². The maximum absolute atomic E-state index is 11.7. The van der Waals surface area contributed by atoms with E-state index in [4.69, 9.17) is 0 Å². The summed E-state index contributed by atoms with van der Waals surface area (Å²) in [4.78, 5) is 14.8. The maximum Gasteiger partial charge on any atom is 0.261 e. The number of hydrogen-bond donors (Lipinski definition) is 1. The maximum atomic E-state index is 11.7. The molecule has 0 radical (unpaired) electrons. The Hall–Kier alpha value is -0.390. The molecule has 1 rings (SSSR count). The third-order valence-electron chi connectivity index (χ3n) is 2.63. The number of nitrogens with one attached hydrogen (secondary N) is 1. The normalized spacial score (nSPS) is 10.8. The third-order valence-corrected chi connectivity index (χ3v) is 4.25. The monoisotopic (exact) mass is 318 g/mol. The molecule has 96 valence electrons. The highest BCUT2D eigenvalue weighted by Gasteiger charge is 2.07. The zero-order valence-electron chi connectivity index (χ0n) is 10.3. The second-order valence-electron chi connectivity index (χ2n) is 3.74. The van der Waals surface area contributed by atoms with E-state index in [0.29, 0.717) is 0 Å². The van der Waals surface area contributed by atoms with Crippen LogP contribution in [0.25, 0.3) is 0 Å². The van der Waals surface area contributed by atoms with Crippen molar-refractivity contribution in [1.29, 1.82) is 0 Å². The number of halogens is 1. The molecule has 0 aliphatic heterocycles. The van der Waals surface area contributed by atoms with Gasteiger partial charge in [-0.1, -0.05) is 13.8 Å². The number of carbonyl (C=O) groups is 1. The van der Waals surface area contributed by atoms with Crippen molar-refractivity contribution in [2.75, 3.05) is 26.2 Å². The van der Waals surface area contributed by atoms with E-state index < -0.39 is 0 Å². The predicted octanol–water partition coefficient (Wildman–Crippen LogP) is 2.97. The van der Waals surface area contributed by atoms with Crippen molar-refractivity contribution in [3.8, 4) is 0 Å². The summed E-state index contributed by atoms with van der Waals surface area (Å²) in [6.07, 6.45) is 1.000. The van der Waals surface area contributed by atoms with Crippen LogP contribution in [0.3, 0.4) is 0 Å². The molecule has 0 aromatic carbocycles. The van der Waals surface area contributed by atoms with Crippen LogP contribution in [-0.2, 0) is 0 Å². The van der Waals surface area contributed by atoms with E-state index in [0.717, 1.165) is 41.3 Å². The van der Waals surface area contributed by atoms with Crippen molar-refractivity contribution in [1.82, 2.24) is 10.2 Å². The third kappa shape index (κ3) is 5.19. The molecule has 0 saturated carbocycles. The summed E-state index contributed by atoms with van der Waals surface area (Å²) < 4.78 is 0.991. The first kappa shape index (κ1) is 14.7. The summed E-state index contributed by atoms with van der Waals surface area (Å²) in [6, 6.07) is 3.74. The van der Waals surface area contributed by atoms with E-state index >= 15 is 0 Å². The summed E-state index contributed by atoms with van der Waals surface area (Å²) in [5.74, 6) is 0.0280. The van der Waals surface area contributed by atoms with Gasteiger partial charge >= 0.3 is 0 Å². The Morgan fingerprint density at radius 2 is 2.12 bits per heavy atom. The summed E-state index contributed by atoms with van der Waals surface area (Å²) in [5.41, 5.74) is 0. The van der Waals surface area contributed by atoms with Crippen LogP contribution in [0.2, 0.25) is 0 Å². The standard InChI is InChI=1S/C12H19BrN2OS/c1-3-15(4-2)9-5-8-14-12(16)10-6-7-11(13)17-10/h6-7H,3-5,8-9H2,1-2H3,(H,14,16). The molecule has 0 aliphatic rings. The SMILES string of the molecule is CCN(CC)CCCNC(=O)c1ccc(Br)s1. The molecule has 17 heavy (non-hydrogen) atoms. The molecular formula is C12H19BrN2OS. The number of nitrogens with zero attached hydrogens (tertiary/aromatic N) is 1. The smallest absolute Gasteiger partial charge is 0.261 e. The van der Waals surface area contributed by atoms with E-state index in [1.807, 2.05) is 12.1 Å². The van der Waals surface area contributed by atoms with E-state index in [9.17, 15) is 4.79 Å². The molecule has 0 saturated heterocycles. The van der Waals surface area contributed by atoms with E-state index in [1.54, 1.807) is 0 Å². The fourth-order valence-corrected chi connectivity index (χ4v) is 2.87. The number of rotatable bonds is 7. The van der Waals surface area contributed by atoms with Gasteiger partial charge in [0, 0.05) is 6.54 Å². The minimum Gasteiger partial charge on any atom is -0.351 e. The lowest BCUT2D eigenvalue weighted by atomic mass is 10.3. The lowest BCUT2D eigenvalue weighted by Crippen LogP contribution is -2.29. The molecule has 1 heterocycles. The Labute approximate surface area is 115 Å². The number of amides is 1. The molecule has 3 nitrogen and oxygen atoms in total.